The maximum Gasteiger partial charge on any atom is 0.324 e. The van der Waals surface area contributed by atoms with Gasteiger partial charge in [-0.3, -0.25) is 10.1 Å². The molecule has 0 spiro atoms. The van der Waals surface area contributed by atoms with Crippen molar-refractivity contribution in [2.24, 2.45) is 0 Å². The Morgan fingerprint density at radius 1 is 0.656 bits per heavy atom. The minimum Gasteiger partial charge on any atom is -0.480 e. The van der Waals surface area contributed by atoms with Gasteiger partial charge in [0.1, 0.15) is 6.04 Å². The molecule has 158 valence electrons. The van der Waals surface area contributed by atoms with Gasteiger partial charge < -0.3 is 5.11 Å². The molecular formula is C29H25NO2. The molecule has 3 nitrogen and oxygen atoms in total. The molecule has 0 aromatic heterocycles. The Kier molecular flexibility index (Phi) is 6.59. The Morgan fingerprint density at radius 2 is 1.03 bits per heavy atom. The highest BCUT2D eigenvalue weighted by Gasteiger charge is 2.39. The standard InChI is InChI=1S/C29H25NO2/c31-28(32)27(22-21-23-13-5-1-6-14-23)30-29(24-15-7-2-8-16-24,25-17-9-3-10-18-25)26-19-11-4-12-20-26/h1-22,27,30H,(H,31,32). The predicted molar refractivity (Wildman–Crippen MR) is 129 cm³/mol. The molecule has 0 bridgehead atoms. The van der Waals surface area contributed by atoms with Crippen LogP contribution < -0.4 is 5.32 Å². The Hall–Kier alpha value is -3.95. The molecule has 0 aliphatic rings. The number of benzene rings is 4. The first-order valence-electron chi connectivity index (χ1n) is 10.6. The summed E-state index contributed by atoms with van der Waals surface area (Å²) >= 11 is 0. The third-order valence-corrected chi connectivity index (χ3v) is 5.54. The van der Waals surface area contributed by atoms with Gasteiger partial charge in [0.2, 0.25) is 0 Å². The zero-order valence-electron chi connectivity index (χ0n) is 17.6. The Balaban J connectivity index is 1.88. The van der Waals surface area contributed by atoms with Crippen molar-refractivity contribution < 1.29 is 9.90 Å². The second-order valence-corrected chi connectivity index (χ2v) is 7.58. The number of carbonyl (C=O) groups is 1. The van der Waals surface area contributed by atoms with E-state index in [-0.39, 0.29) is 0 Å². The lowest BCUT2D eigenvalue weighted by molar-refractivity contribution is -0.138. The molecular weight excluding hydrogens is 394 g/mol. The van der Waals surface area contributed by atoms with Gasteiger partial charge in [0.05, 0.1) is 5.54 Å². The van der Waals surface area contributed by atoms with E-state index in [1.54, 1.807) is 6.08 Å². The lowest BCUT2D eigenvalue weighted by atomic mass is 9.76. The van der Waals surface area contributed by atoms with E-state index in [4.69, 9.17) is 0 Å². The molecule has 32 heavy (non-hydrogen) atoms. The SMILES string of the molecule is O=C(O)C(C=Cc1ccccc1)NC(c1ccccc1)(c1ccccc1)c1ccccc1. The highest BCUT2D eigenvalue weighted by atomic mass is 16.4. The van der Waals surface area contributed by atoms with Crippen LogP contribution in [0.15, 0.2) is 127 Å². The van der Waals surface area contributed by atoms with Crippen LogP contribution in [0.2, 0.25) is 0 Å². The number of rotatable bonds is 8. The van der Waals surface area contributed by atoms with Crippen LogP contribution in [-0.4, -0.2) is 17.1 Å². The quantitative estimate of drug-likeness (QED) is 0.358. The molecule has 1 unspecified atom stereocenters. The number of aliphatic carboxylic acids is 1. The lowest BCUT2D eigenvalue weighted by Crippen LogP contribution is -2.51. The number of carboxylic acids is 1. The third kappa shape index (κ3) is 4.53. The topological polar surface area (TPSA) is 49.3 Å². The first-order chi connectivity index (χ1) is 15.7. The molecule has 0 aliphatic heterocycles. The third-order valence-electron chi connectivity index (χ3n) is 5.54. The fraction of sp³-hybridized carbons (Fsp3) is 0.0690. The molecule has 3 heteroatoms. The smallest absolute Gasteiger partial charge is 0.324 e. The van der Waals surface area contributed by atoms with Crippen molar-refractivity contribution in [2.45, 2.75) is 11.6 Å². The maximum atomic E-state index is 12.4. The van der Waals surface area contributed by atoms with Crippen molar-refractivity contribution in [2.75, 3.05) is 0 Å². The van der Waals surface area contributed by atoms with Crippen LogP contribution >= 0.6 is 0 Å². The van der Waals surface area contributed by atoms with Crippen LogP contribution in [0.5, 0.6) is 0 Å². The predicted octanol–water partition coefficient (Wildman–Crippen LogP) is 5.73. The summed E-state index contributed by atoms with van der Waals surface area (Å²) in [7, 11) is 0. The summed E-state index contributed by atoms with van der Waals surface area (Å²) in [6.07, 6.45) is 3.55. The molecule has 4 aromatic rings. The molecule has 4 rings (SSSR count). The van der Waals surface area contributed by atoms with E-state index < -0.39 is 17.6 Å². The number of hydrogen-bond acceptors (Lipinski definition) is 2. The average molecular weight is 420 g/mol. The van der Waals surface area contributed by atoms with E-state index in [1.807, 2.05) is 127 Å². The van der Waals surface area contributed by atoms with Crippen LogP contribution in [0.4, 0.5) is 0 Å². The largest absolute Gasteiger partial charge is 0.480 e. The molecule has 0 amide bonds. The highest BCUT2D eigenvalue weighted by Crippen LogP contribution is 2.37. The Bertz CT molecular complexity index is 1060. The first-order valence-corrected chi connectivity index (χ1v) is 10.6. The number of carboxylic acid groups (broad SMARTS) is 1. The van der Waals surface area contributed by atoms with Gasteiger partial charge in [0.15, 0.2) is 0 Å². The van der Waals surface area contributed by atoms with E-state index in [0.717, 1.165) is 22.3 Å². The van der Waals surface area contributed by atoms with Crippen molar-refractivity contribution in [3.63, 3.8) is 0 Å². The summed E-state index contributed by atoms with van der Waals surface area (Å²) < 4.78 is 0. The van der Waals surface area contributed by atoms with Gasteiger partial charge >= 0.3 is 5.97 Å². The molecule has 0 heterocycles. The monoisotopic (exact) mass is 419 g/mol. The summed E-state index contributed by atoms with van der Waals surface area (Å²) in [4.78, 5) is 12.4. The Morgan fingerprint density at radius 3 is 1.41 bits per heavy atom. The van der Waals surface area contributed by atoms with Crippen LogP contribution in [0.3, 0.4) is 0 Å². The molecule has 0 aliphatic carbocycles. The molecule has 0 saturated heterocycles. The van der Waals surface area contributed by atoms with Crippen molar-refractivity contribution in [3.05, 3.63) is 150 Å². The van der Waals surface area contributed by atoms with Gasteiger partial charge in [0, 0.05) is 0 Å². The van der Waals surface area contributed by atoms with Crippen molar-refractivity contribution in [1.82, 2.24) is 5.32 Å². The average Bonchev–Trinajstić information content (AvgIpc) is 2.86. The molecule has 0 saturated carbocycles. The van der Waals surface area contributed by atoms with E-state index in [9.17, 15) is 9.90 Å². The highest BCUT2D eigenvalue weighted by molar-refractivity contribution is 5.78. The fourth-order valence-corrected chi connectivity index (χ4v) is 4.01. The van der Waals surface area contributed by atoms with Crippen molar-refractivity contribution >= 4 is 12.0 Å². The molecule has 4 aromatic carbocycles. The Labute approximate surface area is 188 Å². The van der Waals surface area contributed by atoms with E-state index in [0.29, 0.717) is 0 Å². The fourth-order valence-electron chi connectivity index (χ4n) is 4.01. The van der Waals surface area contributed by atoms with Gasteiger partial charge in [-0.05, 0) is 22.3 Å². The molecule has 2 N–H and O–H groups in total. The lowest BCUT2D eigenvalue weighted by Gasteiger charge is -2.38. The maximum absolute atomic E-state index is 12.4. The van der Waals surface area contributed by atoms with E-state index in [2.05, 4.69) is 5.32 Å². The summed E-state index contributed by atoms with van der Waals surface area (Å²) in [5.41, 5.74) is 3.00. The summed E-state index contributed by atoms with van der Waals surface area (Å²) in [5.74, 6) is -0.940. The second kappa shape index (κ2) is 9.90. The second-order valence-electron chi connectivity index (χ2n) is 7.58. The normalized spacial score (nSPS) is 12.5. The number of nitrogens with one attached hydrogen (secondary N) is 1. The minimum absolute atomic E-state index is 0.853. The van der Waals surface area contributed by atoms with Crippen LogP contribution in [0, 0.1) is 0 Å². The molecule has 0 fully saturated rings. The molecule has 0 radical (unpaired) electrons. The first kappa shape index (κ1) is 21.3. The summed E-state index contributed by atoms with van der Waals surface area (Å²) in [5, 5.41) is 13.6. The van der Waals surface area contributed by atoms with Gasteiger partial charge in [0.25, 0.3) is 0 Å². The van der Waals surface area contributed by atoms with E-state index >= 15 is 0 Å². The van der Waals surface area contributed by atoms with Gasteiger partial charge in [-0.15, -0.1) is 0 Å². The van der Waals surface area contributed by atoms with Crippen LogP contribution in [0.1, 0.15) is 22.3 Å². The van der Waals surface area contributed by atoms with Gasteiger partial charge in [-0.2, -0.15) is 0 Å². The van der Waals surface area contributed by atoms with E-state index in [1.165, 1.54) is 0 Å². The van der Waals surface area contributed by atoms with Gasteiger partial charge in [-0.1, -0.05) is 133 Å². The van der Waals surface area contributed by atoms with Crippen molar-refractivity contribution in [3.8, 4) is 0 Å². The minimum atomic E-state index is -0.940. The molecule has 1 atom stereocenters. The van der Waals surface area contributed by atoms with Crippen LogP contribution in [0.25, 0.3) is 6.08 Å². The van der Waals surface area contributed by atoms with Gasteiger partial charge in [-0.25, -0.2) is 0 Å². The summed E-state index contributed by atoms with van der Waals surface area (Å²) in [6, 6.07) is 38.8. The zero-order chi connectivity index (χ0) is 22.2. The summed E-state index contributed by atoms with van der Waals surface area (Å²) in [6.45, 7) is 0. The van der Waals surface area contributed by atoms with Crippen molar-refractivity contribution in [1.29, 1.82) is 0 Å². The zero-order valence-corrected chi connectivity index (χ0v) is 17.6. The van der Waals surface area contributed by atoms with Crippen LogP contribution in [-0.2, 0) is 10.3 Å². The number of hydrogen-bond donors (Lipinski definition) is 2.